The predicted octanol–water partition coefficient (Wildman–Crippen LogP) is 1.76. The van der Waals surface area contributed by atoms with Crippen LogP contribution in [-0.4, -0.2) is 30.3 Å². The van der Waals surface area contributed by atoms with Crippen LogP contribution in [0.3, 0.4) is 0 Å². The summed E-state index contributed by atoms with van der Waals surface area (Å²) in [6.45, 7) is 0.00847. The zero-order valence-electron chi connectivity index (χ0n) is 11.2. The smallest absolute Gasteiger partial charge is 0.229 e. The topological polar surface area (TPSA) is 49.4 Å². The molecule has 0 spiro atoms. The number of carbonyl (C=O) groups is 2. The molecule has 108 valence electrons. The van der Waals surface area contributed by atoms with Gasteiger partial charge in [0, 0.05) is 24.9 Å². The molecule has 1 N–H and O–H groups in total. The molecule has 1 fully saturated rings. The molecule has 0 bridgehead atoms. The lowest BCUT2D eigenvalue weighted by molar-refractivity contribution is -0.148. The Kier molecular flexibility index (Phi) is 4.44. The molecule has 1 aliphatic rings. The SMILES string of the molecule is CNC(CN1C(=O)CCCC1=O)c1cccc(F)c1F. The summed E-state index contributed by atoms with van der Waals surface area (Å²) in [5, 5.41) is 2.82. The summed E-state index contributed by atoms with van der Waals surface area (Å²) < 4.78 is 27.0. The van der Waals surface area contributed by atoms with Crippen LogP contribution >= 0.6 is 0 Å². The average molecular weight is 282 g/mol. The largest absolute Gasteiger partial charge is 0.311 e. The van der Waals surface area contributed by atoms with E-state index in [2.05, 4.69) is 5.32 Å². The maximum absolute atomic E-state index is 13.8. The van der Waals surface area contributed by atoms with Crippen molar-refractivity contribution in [1.82, 2.24) is 10.2 Å². The number of hydrogen-bond acceptors (Lipinski definition) is 3. The first-order valence-corrected chi connectivity index (χ1v) is 6.49. The van der Waals surface area contributed by atoms with Crippen LogP contribution in [0.25, 0.3) is 0 Å². The molecule has 0 aromatic heterocycles. The molecule has 1 aromatic carbocycles. The van der Waals surface area contributed by atoms with Gasteiger partial charge in [-0.25, -0.2) is 8.78 Å². The van der Waals surface area contributed by atoms with Gasteiger partial charge in [0.25, 0.3) is 0 Å². The second kappa shape index (κ2) is 6.09. The van der Waals surface area contributed by atoms with E-state index in [1.165, 1.54) is 12.1 Å². The van der Waals surface area contributed by atoms with Crippen LogP contribution in [0, 0.1) is 11.6 Å². The molecular formula is C14H16F2N2O2. The summed E-state index contributed by atoms with van der Waals surface area (Å²) >= 11 is 0. The zero-order chi connectivity index (χ0) is 14.7. The Balaban J connectivity index is 2.22. The van der Waals surface area contributed by atoms with Crippen LogP contribution < -0.4 is 5.32 Å². The molecule has 20 heavy (non-hydrogen) atoms. The van der Waals surface area contributed by atoms with Crippen LogP contribution in [0.5, 0.6) is 0 Å². The third-order valence-electron chi connectivity index (χ3n) is 3.45. The van der Waals surface area contributed by atoms with E-state index in [0.29, 0.717) is 19.3 Å². The average Bonchev–Trinajstić information content (AvgIpc) is 2.42. The number of rotatable bonds is 4. The van der Waals surface area contributed by atoms with Crippen molar-refractivity contribution < 1.29 is 18.4 Å². The molecular weight excluding hydrogens is 266 g/mol. The molecule has 1 aromatic rings. The van der Waals surface area contributed by atoms with Crippen LogP contribution in [-0.2, 0) is 9.59 Å². The Labute approximate surface area is 115 Å². The van der Waals surface area contributed by atoms with E-state index in [1.54, 1.807) is 7.05 Å². The summed E-state index contributed by atoms with van der Waals surface area (Å²) in [5.74, 6) is -2.43. The van der Waals surface area contributed by atoms with Gasteiger partial charge in [0.1, 0.15) is 0 Å². The second-order valence-electron chi connectivity index (χ2n) is 4.74. The number of carbonyl (C=O) groups excluding carboxylic acids is 2. The normalized spacial score (nSPS) is 17.4. The van der Waals surface area contributed by atoms with Crippen molar-refractivity contribution in [2.45, 2.75) is 25.3 Å². The van der Waals surface area contributed by atoms with Gasteiger partial charge < -0.3 is 5.32 Å². The maximum Gasteiger partial charge on any atom is 0.229 e. The Hall–Kier alpha value is -1.82. The van der Waals surface area contributed by atoms with Gasteiger partial charge in [-0.2, -0.15) is 0 Å². The Morgan fingerprint density at radius 1 is 1.25 bits per heavy atom. The van der Waals surface area contributed by atoms with Crippen molar-refractivity contribution >= 4 is 11.8 Å². The standard InChI is InChI=1S/C14H16F2N2O2/c1-17-11(9-4-2-5-10(15)14(9)16)8-18-12(19)6-3-7-13(18)20/h2,4-5,11,17H,3,6-8H2,1H3. The van der Waals surface area contributed by atoms with Crippen LogP contribution in [0.2, 0.25) is 0 Å². The molecule has 1 aliphatic heterocycles. The molecule has 0 saturated carbocycles. The van der Waals surface area contributed by atoms with E-state index in [4.69, 9.17) is 0 Å². The summed E-state index contributed by atoms with van der Waals surface area (Å²) in [7, 11) is 1.58. The third-order valence-corrected chi connectivity index (χ3v) is 3.45. The molecule has 1 atom stereocenters. The van der Waals surface area contributed by atoms with Crippen LogP contribution in [0.15, 0.2) is 18.2 Å². The zero-order valence-corrected chi connectivity index (χ0v) is 11.2. The number of halogens is 2. The Morgan fingerprint density at radius 2 is 1.90 bits per heavy atom. The van der Waals surface area contributed by atoms with Gasteiger partial charge >= 0.3 is 0 Å². The van der Waals surface area contributed by atoms with Gasteiger partial charge in [-0.05, 0) is 19.5 Å². The number of nitrogens with zero attached hydrogens (tertiary/aromatic N) is 1. The predicted molar refractivity (Wildman–Crippen MR) is 68.7 cm³/mol. The number of amides is 2. The van der Waals surface area contributed by atoms with Crippen molar-refractivity contribution in [3.63, 3.8) is 0 Å². The van der Waals surface area contributed by atoms with Gasteiger partial charge in [0.05, 0.1) is 6.04 Å². The van der Waals surface area contributed by atoms with Gasteiger partial charge in [-0.1, -0.05) is 12.1 Å². The van der Waals surface area contributed by atoms with Crippen LogP contribution in [0.1, 0.15) is 30.9 Å². The van der Waals surface area contributed by atoms with E-state index < -0.39 is 17.7 Å². The first kappa shape index (κ1) is 14.6. The van der Waals surface area contributed by atoms with Crippen molar-refractivity contribution in [2.75, 3.05) is 13.6 Å². The lowest BCUT2D eigenvalue weighted by atomic mass is 10.0. The van der Waals surface area contributed by atoms with Crippen molar-refractivity contribution in [2.24, 2.45) is 0 Å². The van der Waals surface area contributed by atoms with Gasteiger partial charge in [-0.3, -0.25) is 14.5 Å². The highest BCUT2D eigenvalue weighted by Gasteiger charge is 2.29. The molecule has 2 amide bonds. The van der Waals surface area contributed by atoms with Crippen LogP contribution in [0.4, 0.5) is 8.78 Å². The van der Waals surface area contributed by atoms with Crippen molar-refractivity contribution in [3.05, 3.63) is 35.4 Å². The minimum Gasteiger partial charge on any atom is -0.311 e. The van der Waals surface area contributed by atoms with Gasteiger partial charge in [0.2, 0.25) is 11.8 Å². The Morgan fingerprint density at radius 3 is 2.50 bits per heavy atom. The van der Waals surface area contributed by atoms with Gasteiger partial charge in [-0.15, -0.1) is 0 Å². The Bertz CT molecular complexity index is 518. The monoisotopic (exact) mass is 282 g/mol. The highest BCUT2D eigenvalue weighted by molar-refractivity contribution is 5.97. The number of imide groups is 1. The number of piperidine rings is 1. The fraction of sp³-hybridized carbons (Fsp3) is 0.429. The number of likely N-dealkylation sites (N-methyl/N-ethyl adjacent to an activating group) is 1. The number of nitrogens with one attached hydrogen (secondary N) is 1. The molecule has 6 heteroatoms. The molecule has 2 rings (SSSR count). The van der Waals surface area contributed by atoms with E-state index in [-0.39, 0.29) is 23.9 Å². The van der Waals surface area contributed by atoms with Crippen molar-refractivity contribution in [3.8, 4) is 0 Å². The highest BCUT2D eigenvalue weighted by Crippen LogP contribution is 2.22. The third kappa shape index (κ3) is 2.85. The molecule has 1 saturated heterocycles. The summed E-state index contributed by atoms with van der Waals surface area (Å²) in [4.78, 5) is 24.6. The fourth-order valence-corrected chi connectivity index (χ4v) is 2.32. The molecule has 0 radical (unpaired) electrons. The second-order valence-corrected chi connectivity index (χ2v) is 4.74. The lowest BCUT2D eigenvalue weighted by Crippen LogP contribution is -2.44. The molecule has 1 unspecified atom stereocenters. The first-order valence-electron chi connectivity index (χ1n) is 6.49. The van der Waals surface area contributed by atoms with E-state index in [1.807, 2.05) is 0 Å². The molecule has 1 heterocycles. The lowest BCUT2D eigenvalue weighted by Gasteiger charge is -2.29. The minimum atomic E-state index is -0.955. The first-order chi connectivity index (χ1) is 9.54. The maximum atomic E-state index is 13.8. The molecule has 4 nitrogen and oxygen atoms in total. The highest BCUT2D eigenvalue weighted by atomic mass is 19.2. The summed E-state index contributed by atoms with van der Waals surface area (Å²) in [6.07, 6.45) is 1.17. The summed E-state index contributed by atoms with van der Waals surface area (Å²) in [6, 6.07) is 3.25. The van der Waals surface area contributed by atoms with Crippen molar-refractivity contribution in [1.29, 1.82) is 0 Å². The number of benzene rings is 1. The number of likely N-dealkylation sites (tertiary alicyclic amines) is 1. The number of hydrogen-bond donors (Lipinski definition) is 1. The van der Waals surface area contributed by atoms with Gasteiger partial charge in [0.15, 0.2) is 11.6 Å². The van der Waals surface area contributed by atoms with E-state index >= 15 is 0 Å². The van der Waals surface area contributed by atoms with E-state index in [0.717, 1.165) is 11.0 Å². The molecule has 0 aliphatic carbocycles. The quantitative estimate of drug-likeness (QED) is 0.856. The summed E-state index contributed by atoms with van der Waals surface area (Å²) in [5.41, 5.74) is 0.110. The fourth-order valence-electron chi connectivity index (χ4n) is 2.32. The minimum absolute atomic E-state index is 0.00847. The van der Waals surface area contributed by atoms with E-state index in [9.17, 15) is 18.4 Å².